The lowest BCUT2D eigenvalue weighted by Crippen LogP contribution is -2.23. The van der Waals surface area contributed by atoms with Crippen molar-refractivity contribution < 1.29 is 14.3 Å². The molecule has 0 N–H and O–H groups in total. The molecule has 0 aliphatic carbocycles. The third-order valence-electron chi connectivity index (χ3n) is 1.61. The van der Waals surface area contributed by atoms with Gasteiger partial charge >= 0.3 is 5.97 Å². The molecule has 0 aromatic rings. The number of carbonyl (C=O) groups is 2. The Morgan fingerprint density at radius 3 is 2.38 bits per heavy atom. The molecule has 4 heteroatoms. The third-order valence-corrected chi connectivity index (χ3v) is 1.61. The number of ketones is 1. The molecular formula is C9H13NO3. The first-order valence-electron chi connectivity index (χ1n) is 3.91. The summed E-state index contributed by atoms with van der Waals surface area (Å²) in [6.45, 7) is 3.52. The standard InChI is InChI=1S/C9H13NO3/c1-9(2,4-5-10)6-7(11)8(12)13-3/h4,6H2,1-3H3. The van der Waals surface area contributed by atoms with Crippen molar-refractivity contribution in [3.63, 3.8) is 0 Å². The average Bonchev–Trinajstić information content (AvgIpc) is 2.01. The van der Waals surface area contributed by atoms with E-state index in [2.05, 4.69) is 4.74 Å². The van der Waals surface area contributed by atoms with Crippen molar-refractivity contribution >= 4 is 11.8 Å². The van der Waals surface area contributed by atoms with E-state index in [0.29, 0.717) is 0 Å². The van der Waals surface area contributed by atoms with Gasteiger partial charge in [-0.15, -0.1) is 0 Å². The molecule has 0 bridgehead atoms. The van der Waals surface area contributed by atoms with Crippen LogP contribution in [-0.4, -0.2) is 18.9 Å². The highest BCUT2D eigenvalue weighted by Gasteiger charge is 2.26. The topological polar surface area (TPSA) is 67.2 Å². The first kappa shape index (κ1) is 11.6. The number of nitrogens with zero attached hydrogens (tertiary/aromatic N) is 1. The van der Waals surface area contributed by atoms with Crippen molar-refractivity contribution in [2.75, 3.05) is 7.11 Å². The number of nitriles is 1. The summed E-state index contributed by atoms with van der Waals surface area (Å²) in [5, 5.41) is 8.43. The SMILES string of the molecule is COC(=O)C(=O)CC(C)(C)CC#N. The Bertz CT molecular complexity index is 250. The monoisotopic (exact) mass is 183 g/mol. The van der Waals surface area contributed by atoms with Gasteiger partial charge < -0.3 is 4.74 Å². The molecular weight excluding hydrogens is 170 g/mol. The van der Waals surface area contributed by atoms with Crippen LogP contribution in [0.4, 0.5) is 0 Å². The maximum atomic E-state index is 11.1. The van der Waals surface area contributed by atoms with Gasteiger partial charge in [-0.25, -0.2) is 4.79 Å². The zero-order valence-corrected chi connectivity index (χ0v) is 8.09. The molecule has 0 atom stereocenters. The largest absolute Gasteiger partial charge is 0.463 e. The Kier molecular flexibility index (Phi) is 4.12. The Morgan fingerprint density at radius 2 is 2.00 bits per heavy atom. The Morgan fingerprint density at radius 1 is 1.46 bits per heavy atom. The van der Waals surface area contributed by atoms with Crippen LogP contribution in [0.1, 0.15) is 26.7 Å². The van der Waals surface area contributed by atoms with Gasteiger partial charge in [0, 0.05) is 12.8 Å². The minimum Gasteiger partial charge on any atom is -0.463 e. The lowest BCUT2D eigenvalue weighted by Gasteiger charge is -2.18. The van der Waals surface area contributed by atoms with Crippen molar-refractivity contribution in [2.24, 2.45) is 5.41 Å². The summed E-state index contributed by atoms with van der Waals surface area (Å²) in [5.41, 5.74) is -0.458. The van der Waals surface area contributed by atoms with E-state index in [1.54, 1.807) is 13.8 Å². The fourth-order valence-corrected chi connectivity index (χ4v) is 0.897. The van der Waals surface area contributed by atoms with Crippen LogP contribution >= 0.6 is 0 Å². The molecule has 0 heterocycles. The highest BCUT2D eigenvalue weighted by Crippen LogP contribution is 2.24. The number of carbonyl (C=O) groups excluding carboxylic acids is 2. The number of esters is 1. The van der Waals surface area contributed by atoms with E-state index in [4.69, 9.17) is 5.26 Å². The summed E-state index contributed by atoms with van der Waals surface area (Å²) in [6.07, 6.45) is 0.295. The van der Waals surface area contributed by atoms with Gasteiger partial charge in [0.2, 0.25) is 5.78 Å². The van der Waals surface area contributed by atoms with Crippen LogP contribution in [0.2, 0.25) is 0 Å². The Balaban J connectivity index is 4.21. The number of Topliss-reactive ketones (excluding diaryl/α,β-unsaturated/α-hetero) is 1. The maximum absolute atomic E-state index is 11.1. The highest BCUT2D eigenvalue weighted by atomic mass is 16.5. The van der Waals surface area contributed by atoms with Gasteiger partial charge in [0.15, 0.2) is 0 Å². The zero-order valence-electron chi connectivity index (χ0n) is 8.09. The van der Waals surface area contributed by atoms with E-state index in [1.807, 2.05) is 6.07 Å². The molecule has 0 rings (SSSR count). The van der Waals surface area contributed by atoms with Gasteiger partial charge in [0.25, 0.3) is 0 Å². The maximum Gasteiger partial charge on any atom is 0.374 e. The van der Waals surface area contributed by atoms with E-state index >= 15 is 0 Å². The molecule has 0 aromatic carbocycles. The summed E-state index contributed by atoms with van der Waals surface area (Å²) in [7, 11) is 1.16. The van der Waals surface area contributed by atoms with Crippen molar-refractivity contribution in [1.82, 2.24) is 0 Å². The van der Waals surface area contributed by atoms with Crippen LogP contribution in [0, 0.1) is 16.7 Å². The van der Waals surface area contributed by atoms with E-state index in [-0.39, 0.29) is 12.8 Å². The number of methoxy groups -OCH3 is 1. The quantitative estimate of drug-likeness (QED) is 0.482. The smallest absolute Gasteiger partial charge is 0.374 e. The van der Waals surface area contributed by atoms with E-state index in [1.165, 1.54) is 0 Å². The van der Waals surface area contributed by atoms with Gasteiger partial charge in [-0.3, -0.25) is 4.79 Å². The van der Waals surface area contributed by atoms with Crippen molar-refractivity contribution in [1.29, 1.82) is 5.26 Å². The number of rotatable bonds is 4. The van der Waals surface area contributed by atoms with E-state index in [9.17, 15) is 9.59 Å². The minimum absolute atomic E-state index is 0.0488. The molecule has 0 unspecified atom stereocenters. The molecule has 13 heavy (non-hydrogen) atoms. The minimum atomic E-state index is -0.842. The van der Waals surface area contributed by atoms with Crippen LogP contribution in [0.25, 0.3) is 0 Å². The Labute approximate surface area is 77.5 Å². The predicted octanol–water partition coefficient (Wildman–Crippen LogP) is 1.06. The van der Waals surface area contributed by atoms with Gasteiger partial charge in [-0.2, -0.15) is 5.26 Å². The van der Waals surface area contributed by atoms with Gasteiger partial charge in [0.1, 0.15) is 0 Å². The highest BCUT2D eigenvalue weighted by molar-refractivity contribution is 6.33. The molecule has 0 aliphatic rings. The fourth-order valence-electron chi connectivity index (χ4n) is 0.897. The predicted molar refractivity (Wildman–Crippen MR) is 45.7 cm³/mol. The molecule has 0 amide bonds. The first-order valence-corrected chi connectivity index (χ1v) is 3.91. The molecule has 0 aromatic heterocycles. The summed E-state index contributed by atoms with van der Waals surface area (Å²) in [6, 6.07) is 1.97. The molecule has 0 spiro atoms. The van der Waals surface area contributed by atoms with E-state index < -0.39 is 17.2 Å². The van der Waals surface area contributed by atoms with Crippen molar-refractivity contribution in [3.05, 3.63) is 0 Å². The number of hydrogen-bond acceptors (Lipinski definition) is 4. The molecule has 0 aliphatic heterocycles. The number of hydrogen-bond donors (Lipinski definition) is 0. The summed E-state index contributed by atoms with van der Waals surface area (Å²) in [4.78, 5) is 21.8. The van der Waals surface area contributed by atoms with Crippen LogP contribution in [0.3, 0.4) is 0 Å². The normalized spacial score (nSPS) is 10.3. The number of ether oxygens (including phenoxy) is 1. The average molecular weight is 183 g/mol. The fraction of sp³-hybridized carbons (Fsp3) is 0.667. The molecule has 72 valence electrons. The van der Waals surface area contributed by atoms with E-state index in [0.717, 1.165) is 7.11 Å². The molecule has 4 nitrogen and oxygen atoms in total. The zero-order chi connectivity index (χ0) is 10.5. The van der Waals surface area contributed by atoms with Crippen LogP contribution in [-0.2, 0) is 14.3 Å². The lowest BCUT2D eigenvalue weighted by molar-refractivity contribution is -0.152. The second-order valence-electron chi connectivity index (χ2n) is 3.59. The molecule has 0 fully saturated rings. The van der Waals surface area contributed by atoms with Crippen LogP contribution < -0.4 is 0 Å². The Hall–Kier alpha value is -1.37. The lowest BCUT2D eigenvalue weighted by atomic mass is 9.84. The van der Waals surface area contributed by atoms with Crippen molar-refractivity contribution in [3.8, 4) is 6.07 Å². The second-order valence-corrected chi connectivity index (χ2v) is 3.59. The molecule has 0 saturated carbocycles. The van der Waals surface area contributed by atoms with Gasteiger partial charge in [0.05, 0.1) is 13.2 Å². The molecule has 0 radical (unpaired) electrons. The van der Waals surface area contributed by atoms with Gasteiger partial charge in [-0.05, 0) is 5.41 Å². The summed E-state index contributed by atoms with van der Waals surface area (Å²) in [5.74, 6) is -1.42. The summed E-state index contributed by atoms with van der Waals surface area (Å²) >= 11 is 0. The van der Waals surface area contributed by atoms with Gasteiger partial charge in [-0.1, -0.05) is 13.8 Å². The first-order chi connectivity index (χ1) is 5.93. The van der Waals surface area contributed by atoms with Crippen LogP contribution in [0.5, 0.6) is 0 Å². The molecule has 0 saturated heterocycles. The van der Waals surface area contributed by atoms with Crippen LogP contribution in [0.15, 0.2) is 0 Å². The summed E-state index contributed by atoms with van der Waals surface area (Å²) < 4.78 is 4.26. The third kappa shape index (κ3) is 4.26. The second kappa shape index (κ2) is 4.61. The van der Waals surface area contributed by atoms with Crippen molar-refractivity contribution in [2.45, 2.75) is 26.7 Å².